The van der Waals surface area contributed by atoms with E-state index in [1.165, 1.54) is 16.4 Å². The minimum atomic E-state index is -3.68. The lowest BCUT2D eigenvalue weighted by Gasteiger charge is -2.39. The molecular weight excluding hydrogens is 347 g/mol. The first-order valence-electron chi connectivity index (χ1n) is 6.56. The van der Waals surface area contributed by atoms with Crippen molar-refractivity contribution in [2.75, 3.05) is 6.54 Å². The van der Waals surface area contributed by atoms with Crippen LogP contribution in [0, 0.1) is 5.82 Å². The van der Waals surface area contributed by atoms with Gasteiger partial charge in [-0.05, 0) is 53.9 Å². The van der Waals surface area contributed by atoms with E-state index in [1.54, 1.807) is 0 Å². The van der Waals surface area contributed by atoms with Crippen LogP contribution >= 0.6 is 15.9 Å². The van der Waals surface area contributed by atoms with Gasteiger partial charge in [-0.1, -0.05) is 6.42 Å². The largest absolute Gasteiger partial charge is 0.329 e. The van der Waals surface area contributed by atoms with Gasteiger partial charge in [0.15, 0.2) is 0 Å². The summed E-state index contributed by atoms with van der Waals surface area (Å²) >= 11 is 3.13. The Morgan fingerprint density at radius 2 is 2.15 bits per heavy atom. The molecule has 0 radical (unpaired) electrons. The van der Waals surface area contributed by atoms with Crippen molar-refractivity contribution in [2.24, 2.45) is 5.73 Å². The van der Waals surface area contributed by atoms with Gasteiger partial charge in [-0.25, -0.2) is 12.8 Å². The number of benzene rings is 1. The van der Waals surface area contributed by atoms with E-state index < -0.39 is 15.8 Å². The molecule has 7 heteroatoms. The van der Waals surface area contributed by atoms with Crippen molar-refractivity contribution < 1.29 is 12.8 Å². The fraction of sp³-hybridized carbons (Fsp3) is 0.538. The van der Waals surface area contributed by atoms with Crippen LogP contribution in [0.3, 0.4) is 0 Å². The lowest BCUT2D eigenvalue weighted by molar-refractivity contribution is 0.196. The van der Waals surface area contributed by atoms with E-state index in [1.807, 2.05) is 6.92 Å². The number of sulfonamides is 1. The average Bonchev–Trinajstić information content (AvgIpc) is 2.37. The van der Waals surface area contributed by atoms with Gasteiger partial charge in [0, 0.05) is 23.1 Å². The summed E-state index contributed by atoms with van der Waals surface area (Å²) in [5.74, 6) is -0.474. The van der Waals surface area contributed by atoms with Crippen molar-refractivity contribution in [3.63, 3.8) is 0 Å². The van der Waals surface area contributed by atoms with Crippen molar-refractivity contribution in [3.05, 3.63) is 28.5 Å². The SMILES string of the molecule is CC1CCCC(CN)N1S(=O)(=O)c1ccc(F)cc1Br. The van der Waals surface area contributed by atoms with Gasteiger partial charge in [0.2, 0.25) is 10.0 Å². The average molecular weight is 365 g/mol. The standard InChI is InChI=1S/C13H18BrFN2O2S/c1-9-3-2-4-11(8-16)17(9)20(18,19)13-6-5-10(15)7-12(13)14/h5-7,9,11H,2-4,8,16H2,1H3. The second kappa shape index (κ2) is 6.09. The van der Waals surface area contributed by atoms with Gasteiger partial charge in [0.1, 0.15) is 5.82 Å². The Kier molecular flexibility index (Phi) is 4.84. The monoisotopic (exact) mass is 364 g/mol. The maximum absolute atomic E-state index is 13.1. The predicted molar refractivity (Wildman–Crippen MR) is 79.3 cm³/mol. The summed E-state index contributed by atoms with van der Waals surface area (Å²) in [6.07, 6.45) is 2.55. The van der Waals surface area contributed by atoms with Crippen LogP contribution in [0.4, 0.5) is 4.39 Å². The smallest absolute Gasteiger partial charge is 0.244 e. The van der Waals surface area contributed by atoms with Crippen LogP contribution < -0.4 is 5.73 Å². The number of rotatable bonds is 3. The van der Waals surface area contributed by atoms with Gasteiger partial charge < -0.3 is 5.73 Å². The Hall–Kier alpha value is -0.500. The van der Waals surface area contributed by atoms with E-state index in [4.69, 9.17) is 5.73 Å². The summed E-state index contributed by atoms with van der Waals surface area (Å²) in [5.41, 5.74) is 5.71. The second-order valence-electron chi connectivity index (χ2n) is 5.08. The first-order chi connectivity index (χ1) is 9.37. The van der Waals surface area contributed by atoms with Crippen molar-refractivity contribution in [2.45, 2.75) is 43.2 Å². The number of nitrogens with zero attached hydrogens (tertiary/aromatic N) is 1. The van der Waals surface area contributed by atoms with E-state index in [-0.39, 0.29) is 21.5 Å². The molecule has 112 valence electrons. The Bertz CT molecular complexity index is 594. The zero-order valence-electron chi connectivity index (χ0n) is 11.2. The molecule has 0 amide bonds. The van der Waals surface area contributed by atoms with Crippen LogP contribution in [0.2, 0.25) is 0 Å². The van der Waals surface area contributed by atoms with Crippen molar-refractivity contribution in [1.29, 1.82) is 0 Å². The molecule has 1 heterocycles. The molecule has 1 saturated heterocycles. The molecular formula is C13H18BrFN2O2S. The third-order valence-electron chi connectivity index (χ3n) is 3.68. The van der Waals surface area contributed by atoms with Crippen LogP contribution in [0.1, 0.15) is 26.2 Å². The highest BCUT2D eigenvalue weighted by Gasteiger charge is 2.38. The normalized spacial score (nSPS) is 24.8. The van der Waals surface area contributed by atoms with Gasteiger partial charge >= 0.3 is 0 Å². The molecule has 2 rings (SSSR count). The molecule has 0 spiro atoms. The van der Waals surface area contributed by atoms with Crippen molar-refractivity contribution in [1.82, 2.24) is 4.31 Å². The quantitative estimate of drug-likeness (QED) is 0.895. The summed E-state index contributed by atoms with van der Waals surface area (Å²) in [5, 5.41) is 0. The molecule has 0 saturated carbocycles. The molecule has 1 aromatic carbocycles. The summed E-state index contributed by atoms with van der Waals surface area (Å²) in [7, 11) is -3.68. The Morgan fingerprint density at radius 3 is 2.75 bits per heavy atom. The number of hydrogen-bond donors (Lipinski definition) is 1. The van der Waals surface area contributed by atoms with Crippen LogP contribution in [-0.4, -0.2) is 31.4 Å². The topological polar surface area (TPSA) is 63.4 Å². The molecule has 4 nitrogen and oxygen atoms in total. The molecule has 1 aromatic rings. The van der Waals surface area contributed by atoms with Crippen LogP contribution in [-0.2, 0) is 10.0 Å². The second-order valence-corrected chi connectivity index (χ2v) is 7.75. The van der Waals surface area contributed by atoms with E-state index in [0.29, 0.717) is 6.54 Å². The maximum Gasteiger partial charge on any atom is 0.244 e. The third kappa shape index (κ3) is 2.90. The van der Waals surface area contributed by atoms with Crippen LogP contribution in [0.25, 0.3) is 0 Å². The zero-order valence-corrected chi connectivity index (χ0v) is 13.6. The first kappa shape index (κ1) is 15.9. The van der Waals surface area contributed by atoms with Crippen molar-refractivity contribution in [3.8, 4) is 0 Å². The molecule has 1 aliphatic heterocycles. The zero-order chi connectivity index (χ0) is 14.9. The summed E-state index contributed by atoms with van der Waals surface area (Å²) in [4.78, 5) is 0.0890. The van der Waals surface area contributed by atoms with Gasteiger partial charge in [-0.15, -0.1) is 0 Å². The highest BCUT2D eigenvalue weighted by Crippen LogP contribution is 2.32. The maximum atomic E-state index is 13.1. The predicted octanol–water partition coefficient (Wildman–Crippen LogP) is 2.48. The number of nitrogens with two attached hydrogens (primary N) is 1. The Balaban J connectivity index is 2.47. The molecule has 2 atom stereocenters. The molecule has 2 unspecified atom stereocenters. The summed E-state index contributed by atoms with van der Waals surface area (Å²) in [6, 6.07) is 3.33. The van der Waals surface area contributed by atoms with Gasteiger partial charge in [-0.2, -0.15) is 4.31 Å². The number of piperidine rings is 1. The third-order valence-corrected chi connectivity index (χ3v) is 6.72. The van der Waals surface area contributed by atoms with Gasteiger partial charge in [0.05, 0.1) is 4.90 Å². The Morgan fingerprint density at radius 1 is 1.45 bits per heavy atom. The Labute approximate surface area is 127 Å². The van der Waals surface area contributed by atoms with Crippen LogP contribution in [0.5, 0.6) is 0 Å². The van der Waals surface area contributed by atoms with Gasteiger partial charge in [0.25, 0.3) is 0 Å². The fourth-order valence-electron chi connectivity index (χ4n) is 2.72. The lowest BCUT2D eigenvalue weighted by Crippen LogP contribution is -2.51. The van der Waals surface area contributed by atoms with E-state index in [2.05, 4.69) is 15.9 Å². The summed E-state index contributed by atoms with van der Waals surface area (Å²) < 4.78 is 40.5. The first-order valence-corrected chi connectivity index (χ1v) is 8.80. The minimum Gasteiger partial charge on any atom is -0.329 e. The molecule has 0 aliphatic carbocycles. The highest BCUT2D eigenvalue weighted by molar-refractivity contribution is 9.10. The molecule has 0 aromatic heterocycles. The number of halogens is 2. The van der Waals surface area contributed by atoms with Crippen LogP contribution in [0.15, 0.2) is 27.6 Å². The van der Waals surface area contributed by atoms with E-state index in [0.717, 1.165) is 25.3 Å². The van der Waals surface area contributed by atoms with E-state index >= 15 is 0 Å². The fourth-order valence-corrected chi connectivity index (χ4v) is 5.62. The minimum absolute atomic E-state index is 0.0890. The van der Waals surface area contributed by atoms with Crippen molar-refractivity contribution >= 4 is 26.0 Å². The van der Waals surface area contributed by atoms with Gasteiger partial charge in [-0.3, -0.25) is 0 Å². The highest BCUT2D eigenvalue weighted by atomic mass is 79.9. The number of hydrogen-bond acceptors (Lipinski definition) is 3. The molecule has 0 bridgehead atoms. The molecule has 1 aliphatic rings. The molecule has 2 N–H and O–H groups in total. The summed E-state index contributed by atoms with van der Waals surface area (Å²) in [6.45, 7) is 2.18. The lowest BCUT2D eigenvalue weighted by atomic mass is 10.00. The molecule has 20 heavy (non-hydrogen) atoms. The molecule has 1 fully saturated rings. The van der Waals surface area contributed by atoms with E-state index in [9.17, 15) is 12.8 Å².